The number of esters is 2. The van der Waals surface area contributed by atoms with Crippen molar-refractivity contribution in [1.29, 1.82) is 5.26 Å². The molecule has 0 saturated carbocycles. The minimum Gasteiger partial charge on any atom is -0.465 e. The van der Waals surface area contributed by atoms with Gasteiger partial charge in [0.05, 0.1) is 31.0 Å². The summed E-state index contributed by atoms with van der Waals surface area (Å²) in [5.74, 6) is -2.28. The maximum absolute atomic E-state index is 14.1. The molecule has 0 spiro atoms. The molecule has 0 atom stereocenters. The van der Waals surface area contributed by atoms with Gasteiger partial charge in [-0.3, -0.25) is 0 Å². The minimum atomic E-state index is -0.794. The smallest absolute Gasteiger partial charge is 0.355 e. The zero-order chi connectivity index (χ0) is 18.6. The van der Waals surface area contributed by atoms with E-state index < -0.39 is 17.8 Å². The molecule has 0 bridgehead atoms. The van der Waals surface area contributed by atoms with Crippen LogP contribution in [-0.2, 0) is 19.1 Å². The first-order valence-corrected chi connectivity index (χ1v) is 7.96. The first kappa shape index (κ1) is 18.7. The van der Waals surface area contributed by atoms with Crippen LogP contribution in [0.3, 0.4) is 0 Å². The van der Waals surface area contributed by atoms with Gasteiger partial charge in [0.15, 0.2) is 0 Å². The lowest BCUT2D eigenvalue weighted by Crippen LogP contribution is -2.27. The van der Waals surface area contributed by atoms with Gasteiger partial charge < -0.3 is 14.4 Å². The van der Waals surface area contributed by atoms with Crippen molar-refractivity contribution in [1.82, 2.24) is 0 Å². The third kappa shape index (κ3) is 3.71. The van der Waals surface area contributed by atoms with Crippen LogP contribution < -0.4 is 4.90 Å². The number of ether oxygens (including phenoxy) is 2. The minimum absolute atomic E-state index is 0.0417. The number of nitrogens with zero attached hydrogens (tertiary/aromatic N) is 2. The Kier molecular flexibility index (Phi) is 5.93. The molecular formula is C17H12FIN2O4. The van der Waals surface area contributed by atoms with Gasteiger partial charge in [-0.1, -0.05) is 6.08 Å². The number of rotatable bonds is 3. The molecule has 1 aliphatic rings. The highest BCUT2D eigenvalue weighted by atomic mass is 127. The number of carbonyl (C=O) groups is 2. The average Bonchev–Trinajstić information content (AvgIpc) is 2.84. The first-order valence-electron chi connectivity index (χ1n) is 6.88. The maximum Gasteiger partial charge on any atom is 0.355 e. The van der Waals surface area contributed by atoms with Crippen LogP contribution in [0.1, 0.15) is 5.56 Å². The zero-order valence-corrected chi connectivity index (χ0v) is 15.4. The van der Waals surface area contributed by atoms with Crippen LogP contribution in [-0.4, -0.2) is 26.2 Å². The van der Waals surface area contributed by atoms with Gasteiger partial charge in [0.25, 0.3) is 0 Å². The molecule has 2 rings (SSSR count). The maximum atomic E-state index is 14.1. The molecule has 0 aliphatic carbocycles. The van der Waals surface area contributed by atoms with Crippen LogP contribution in [0.15, 0.2) is 47.8 Å². The molecule has 128 valence electrons. The molecule has 25 heavy (non-hydrogen) atoms. The van der Waals surface area contributed by atoms with Crippen molar-refractivity contribution in [2.24, 2.45) is 0 Å². The van der Waals surface area contributed by atoms with Gasteiger partial charge in [0, 0.05) is 15.8 Å². The number of allylic oxidation sites excluding steroid dienone is 2. The van der Waals surface area contributed by atoms with E-state index in [1.54, 1.807) is 18.2 Å². The zero-order valence-electron chi connectivity index (χ0n) is 13.2. The summed E-state index contributed by atoms with van der Waals surface area (Å²) < 4.78 is 24.1. The van der Waals surface area contributed by atoms with Gasteiger partial charge in [0.2, 0.25) is 0 Å². The highest BCUT2D eigenvalue weighted by Gasteiger charge is 2.28. The van der Waals surface area contributed by atoms with Gasteiger partial charge in [0.1, 0.15) is 17.6 Å². The molecule has 0 aromatic heterocycles. The Labute approximate surface area is 157 Å². The number of carbonyl (C=O) groups excluding carboxylic acids is 2. The number of benzene rings is 1. The van der Waals surface area contributed by atoms with E-state index in [-0.39, 0.29) is 22.5 Å². The van der Waals surface area contributed by atoms with Crippen molar-refractivity contribution in [2.45, 2.75) is 0 Å². The molecule has 1 heterocycles. The van der Waals surface area contributed by atoms with Crippen LogP contribution in [0.5, 0.6) is 0 Å². The molecule has 0 radical (unpaired) electrons. The van der Waals surface area contributed by atoms with Gasteiger partial charge >= 0.3 is 11.9 Å². The van der Waals surface area contributed by atoms with Crippen molar-refractivity contribution < 1.29 is 23.5 Å². The van der Waals surface area contributed by atoms with E-state index in [2.05, 4.69) is 0 Å². The molecule has 1 aromatic rings. The summed E-state index contributed by atoms with van der Waals surface area (Å²) in [4.78, 5) is 25.7. The summed E-state index contributed by atoms with van der Waals surface area (Å²) in [6.07, 6.45) is 6.01. The van der Waals surface area contributed by atoms with E-state index >= 15 is 0 Å². The van der Waals surface area contributed by atoms with Crippen LogP contribution in [0.4, 0.5) is 10.1 Å². The highest BCUT2D eigenvalue weighted by molar-refractivity contribution is 14.1. The summed E-state index contributed by atoms with van der Waals surface area (Å²) in [5.41, 5.74) is -0.0120. The Bertz CT molecular complexity index is 868. The molecule has 0 unspecified atom stereocenters. The second-order valence-corrected chi connectivity index (χ2v) is 5.87. The lowest BCUT2D eigenvalue weighted by Gasteiger charge is -2.24. The number of hydrogen-bond acceptors (Lipinski definition) is 6. The Morgan fingerprint density at radius 1 is 1.20 bits per heavy atom. The second kappa shape index (κ2) is 7.94. The van der Waals surface area contributed by atoms with E-state index in [1.165, 1.54) is 37.5 Å². The Morgan fingerprint density at radius 2 is 1.88 bits per heavy atom. The Morgan fingerprint density at radius 3 is 2.48 bits per heavy atom. The fraction of sp³-hybridized carbons (Fsp3) is 0.118. The molecule has 1 aromatic carbocycles. The normalized spacial score (nSPS) is 13.3. The van der Waals surface area contributed by atoms with E-state index in [0.717, 1.165) is 6.07 Å². The van der Waals surface area contributed by atoms with Crippen molar-refractivity contribution in [2.75, 3.05) is 19.1 Å². The molecular weight excluding hydrogens is 442 g/mol. The lowest BCUT2D eigenvalue weighted by molar-refractivity contribution is -0.139. The van der Waals surface area contributed by atoms with Crippen LogP contribution in [0, 0.1) is 20.7 Å². The molecule has 1 aliphatic heterocycles. The molecule has 6 nitrogen and oxygen atoms in total. The van der Waals surface area contributed by atoms with Crippen LogP contribution in [0.2, 0.25) is 0 Å². The number of halogens is 2. The largest absolute Gasteiger partial charge is 0.465 e. The van der Waals surface area contributed by atoms with Gasteiger partial charge in [-0.05, 0) is 40.8 Å². The van der Waals surface area contributed by atoms with Crippen LogP contribution >= 0.6 is 22.6 Å². The predicted molar refractivity (Wildman–Crippen MR) is 95.6 cm³/mol. The molecule has 0 saturated heterocycles. The summed E-state index contributed by atoms with van der Waals surface area (Å²) in [6.45, 7) is 0. The highest BCUT2D eigenvalue weighted by Crippen LogP contribution is 2.32. The van der Waals surface area contributed by atoms with E-state index in [4.69, 9.17) is 14.7 Å². The molecule has 8 heteroatoms. The second-order valence-electron chi connectivity index (χ2n) is 4.71. The topological polar surface area (TPSA) is 79.6 Å². The predicted octanol–water partition coefficient (Wildman–Crippen LogP) is 2.79. The van der Waals surface area contributed by atoms with E-state index in [0.29, 0.717) is 3.57 Å². The third-order valence-electron chi connectivity index (χ3n) is 3.31. The SMILES string of the molecule is COC(=O)C1=C(C(=O)OC)N(c2cc(F)c(C#N)cc2I)C=CC=C1. The van der Waals surface area contributed by atoms with Crippen LogP contribution in [0.25, 0.3) is 0 Å². The summed E-state index contributed by atoms with van der Waals surface area (Å²) >= 11 is 1.92. The summed E-state index contributed by atoms with van der Waals surface area (Å²) in [5, 5.41) is 8.94. The quantitative estimate of drug-likeness (QED) is 0.517. The Balaban J connectivity index is 2.74. The fourth-order valence-corrected chi connectivity index (χ4v) is 2.88. The molecule has 0 amide bonds. The fourth-order valence-electron chi connectivity index (χ4n) is 2.16. The van der Waals surface area contributed by atoms with Crippen molar-refractivity contribution in [3.63, 3.8) is 0 Å². The average molecular weight is 454 g/mol. The summed E-state index contributed by atoms with van der Waals surface area (Å²) in [6, 6.07) is 4.22. The Hall–Kier alpha value is -2.67. The monoisotopic (exact) mass is 454 g/mol. The third-order valence-corrected chi connectivity index (χ3v) is 4.17. The molecule has 0 fully saturated rings. The number of anilines is 1. The van der Waals surface area contributed by atoms with Gasteiger partial charge in [-0.15, -0.1) is 0 Å². The van der Waals surface area contributed by atoms with Crippen molar-refractivity contribution in [3.05, 3.63) is 62.8 Å². The first-order chi connectivity index (χ1) is 11.9. The van der Waals surface area contributed by atoms with E-state index in [9.17, 15) is 14.0 Å². The van der Waals surface area contributed by atoms with Gasteiger partial charge in [-0.25, -0.2) is 14.0 Å². The number of hydrogen-bond donors (Lipinski definition) is 0. The standard InChI is InChI=1S/C17H12FIN2O4/c1-24-16(22)11-5-3-4-6-21(15(11)17(23)25-2)14-8-12(18)10(9-20)7-13(14)19/h3-8H,1-2H3. The summed E-state index contributed by atoms with van der Waals surface area (Å²) in [7, 11) is 2.36. The van der Waals surface area contributed by atoms with E-state index in [1.807, 2.05) is 22.6 Å². The van der Waals surface area contributed by atoms with Crippen molar-refractivity contribution >= 4 is 40.2 Å². The number of methoxy groups -OCH3 is 2. The molecule has 0 N–H and O–H groups in total. The number of nitriles is 1. The van der Waals surface area contributed by atoms with Gasteiger partial charge in [-0.2, -0.15) is 5.26 Å². The van der Waals surface area contributed by atoms with Crippen molar-refractivity contribution in [3.8, 4) is 6.07 Å². The lowest BCUT2D eigenvalue weighted by atomic mass is 10.1.